The van der Waals surface area contributed by atoms with Crippen molar-refractivity contribution in [2.45, 2.75) is 0 Å². The van der Waals surface area contributed by atoms with E-state index in [0.29, 0.717) is 26.3 Å². The van der Waals surface area contributed by atoms with Crippen LogP contribution in [0.15, 0.2) is 9.98 Å². The Morgan fingerprint density at radius 1 is 0.757 bits per heavy atom. The molecule has 0 unspecified atom stereocenters. The fraction of sp³-hybridized carbons (Fsp3) is 0.850. The lowest BCUT2D eigenvalue weighted by atomic mass is 10.7. The standard InChI is InChI=1S/C20H39N3O7S7/c1-31-9-2-21-14-30-28-8-13-35-19-37-18-34-12-7-26-20(25)23-4-11-33-17-36-16-32-10-3-22-15-29-27-6-5-24/h14-15,24H,2-13,16-19H2,1H3,(H,23,25)/b21-14+,22-15+. The molecule has 0 atom stereocenters. The molecule has 0 rings (SSSR count). The molecule has 0 radical (unpaired) electrons. The third kappa shape index (κ3) is 34.5. The van der Waals surface area contributed by atoms with Crippen molar-refractivity contribution in [3.63, 3.8) is 0 Å². The molecule has 0 saturated carbocycles. The first-order chi connectivity index (χ1) is 18.3. The monoisotopic (exact) mass is 657 g/mol. The van der Waals surface area contributed by atoms with Crippen molar-refractivity contribution in [1.29, 1.82) is 0 Å². The van der Waals surface area contributed by atoms with E-state index in [-0.39, 0.29) is 19.3 Å². The number of aliphatic hydroxyl groups is 1. The first-order valence-electron chi connectivity index (χ1n) is 11.3. The highest BCUT2D eigenvalue weighted by atomic mass is 32.2. The minimum Gasteiger partial charge on any atom is -0.449 e. The number of alkyl carbamates (subject to hydrolysis) is 1. The average molecular weight is 658 g/mol. The van der Waals surface area contributed by atoms with Gasteiger partial charge in [0.05, 0.1) is 19.7 Å². The number of carbonyl (C=O) groups is 1. The van der Waals surface area contributed by atoms with Crippen LogP contribution in [-0.2, 0) is 24.3 Å². The van der Waals surface area contributed by atoms with Gasteiger partial charge in [0.2, 0.25) is 12.8 Å². The Balaban J connectivity index is 3.20. The number of hydrogen-bond acceptors (Lipinski definition) is 16. The van der Waals surface area contributed by atoms with Crippen molar-refractivity contribution in [3.8, 4) is 0 Å². The number of hydrogen-bond donors (Lipinski definition) is 2. The second-order valence-electron chi connectivity index (χ2n) is 6.15. The molecule has 17 heteroatoms. The molecule has 2 N–H and O–H groups in total. The highest BCUT2D eigenvalue weighted by Crippen LogP contribution is 2.18. The van der Waals surface area contributed by atoms with Gasteiger partial charge in [-0.3, -0.25) is 9.98 Å². The second kappa shape index (κ2) is 34.6. The van der Waals surface area contributed by atoms with Crippen molar-refractivity contribution in [2.24, 2.45) is 9.98 Å². The van der Waals surface area contributed by atoms with E-state index >= 15 is 0 Å². The molecule has 218 valence electrons. The summed E-state index contributed by atoms with van der Waals surface area (Å²) >= 11 is 12.6. The van der Waals surface area contributed by atoms with E-state index in [1.807, 2.05) is 29.8 Å². The van der Waals surface area contributed by atoms with Crippen molar-refractivity contribution in [1.82, 2.24) is 5.32 Å². The molecule has 0 spiro atoms. The minimum atomic E-state index is -0.351. The Morgan fingerprint density at radius 3 is 1.97 bits per heavy atom. The molecule has 0 aromatic heterocycles. The number of aliphatic imine (C=N–C) groups is 2. The maximum Gasteiger partial charge on any atom is 0.407 e. The van der Waals surface area contributed by atoms with Crippen molar-refractivity contribution >= 4 is 101 Å². The van der Waals surface area contributed by atoms with Gasteiger partial charge in [-0.05, 0) is 6.26 Å². The van der Waals surface area contributed by atoms with Crippen LogP contribution in [0.4, 0.5) is 4.79 Å². The van der Waals surface area contributed by atoms with Crippen molar-refractivity contribution < 1.29 is 34.2 Å². The van der Waals surface area contributed by atoms with Gasteiger partial charge < -0.3 is 24.9 Å². The number of rotatable bonds is 29. The van der Waals surface area contributed by atoms with Gasteiger partial charge in [0.25, 0.3) is 0 Å². The van der Waals surface area contributed by atoms with Gasteiger partial charge in [-0.1, -0.05) is 0 Å². The molecule has 0 aliphatic heterocycles. The van der Waals surface area contributed by atoms with Gasteiger partial charge >= 0.3 is 6.09 Å². The molecular formula is C20H39N3O7S7. The summed E-state index contributed by atoms with van der Waals surface area (Å²) in [6, 6.07) is 0. The number of nitrogens with one attached hydrogen (secondary N) is 1. The summed E-state index contributed by atoms with van der Waals surface area (Å²) in [5.41, 5.74) is 0. The lowest BCUT2D eigenvalue weighted by Gasteiger charge is -2.07. The fourth-order valence-corrected chi connectivity index (χ4v) is 8.42. The molecular weight excluding hydrogens is 619 g/mol. The number of carbonyl (C=O) groups excluding carboxylic acids is 1. The molecule has 37 heavy (non-hydrogen) atoms. The van der Waals surface area contributed by atoms with Gasteiger partial charge in [-0.15, -0.1) is 70.6 Å². The third-order valence-electron chi connectivity index (χ3n) is 3.29. The van der Waals surface area contributed by atoms with Crippen LogP contribution in [0, 0.1) is 0 Å². The van der Waals surface area contributed by atoms with Crippen LogP contribution in [0.25, 0.3) is 0 Å². The van der Waals surface area contributed by atoms with Crippen LogP contribution in [0.2, 0.25) is 0 Å². The summed E-state index contributed by atoms with van der Waals surface area (Å²) < 4.78 is 5.19. The Morgan fingerprint density at radius 2 is 1.32 bits per heavy atom. The molecule has 1 amide bonds. The summed E-state index contributed by atoms with van der Waals surface area (Å²) in [5.74, 6) is 4.39. The van der Waals surface area contributed by atoms with Crippen LogP contribution in [0.1, 0.15) is 0 Å². The Bertz CT molecular complexity index is 545. The van der Waals surface area contributed by atoms with Crippen LogP contribution in [0.5, 0.6) is 0 Å². The number of amides is 1. The molecule has 0 aliphatic carbocycles. The summed E-state index contributed by atoms with van der Waals surface area (Å²) in [4.78, 5) is 38.8. The number of aliphatic hydroxyl groups excluding tert-OH is 1. The zero-order valence-electron chi connectivity index (χ0n) is 21.1. The second-order valence-corrected chi connectivity index (χ2v) is 15.0. The first-order valence-corrected chi connectivity index (χ1v) is 19.6. The molecule has 0 saturated heterocycles. The summed E-state index contributed by atoms with van der Waals surface area (Å²) in [5, 5.41) is 15.2. The van der Waals surface area contributed by atoms with E-state index in [0.717, 1.165) is 55.6 Å². The highest BCUT2D eigenvalue weighted by molar-refractivity contribution is 8.23. The van der Waals surface area contributed by atoms with Gasteiger partial charge in [0, 0.05) is 55.6 Å². The lowest BCUT2D eigenvalue weighted by molar-refractivity contribution is -0.221. The predicted molar refractivity (Wildman–Crippen MR) is 170 cm³/mol. The molecule has 0 aliphatic rings. The normalized spacial score (nSPS) is 11.4. The number of nitrogens with zero attached hydrogens (tertiary/aromatic N) is 2. The molecule has 10 nitrogen and oxygen atoms in total. The predicted octanol–water partition coefficient (Wildman–Crippen LogP) is 4.25. The summed E-state index contributed by atoms with van der Waals surface area (Å²) in [6.07, 6.45) is 4.29. The molecule has 0 bridgehead atoms. The Kier molecular flexibility index (Phi) is 35.1. The van der Waals surface area contributed by atoms with E-state index in [1.54, 1.807) is 58.8 Å². The maximum absolute atomic E-state index is 11.7. The Hall–Kier alpha value is 0.540. The highest BCUT2D eigenvalue weighted by Gasteiger charge is 2.01. The fourth-order valence-electron chi connectivity index (χ4n) is 1.72. The van der Waals surface area contributed by atoms with Gasteiger partial charge in [-0.25, -0.2) is 4.79 Å². The van der Waals surface area contributed by atoms with Crippen molar-refractivity contribution in [2.75, 3.05) is 101 Å². The number of ether oxygens (including phenoxy) is 1. The first kappa shape index (κ1) is 37.5. The van der Waals surface area contributed by atoms with E-state index in [9.17, 15) is 4.79 Å². The number of thioether (sulfide) groups is 7. The van der Waals surface area contributed by atoms with E-state index < -0.39 is 0 Å². The topological polar surface area (TPSA) is 120 Å². The average Bonchev–Trinajstić information content (AvgIpc) is 2.90. The maximum atomic E-state index is 11.7. The zero-order valence-corrected chi connectivity index (χ0v) is 26.8. The van der Waals surface area contributed by atoms with Gasteiger partial charge in [-0.2, -0.15) is 21.5 Å². The molecule has 0 heterocycles. The summed E-state index contributed by atoms with van der Waals surface area (Å²) in [6.45, 7) is 3.00. The third-order valence-corrected chi connectivity index (χ3v) is 11.1. The minimum absolute atomic E-state index is 0.0800. The molecule has 0 aromatic rings. The van der Waals surface area contributed by atoms with E-state index in [1.165, 1.54) is 12.8 Å². The van der Waals surface area contributed by atoms with Crippen molar-refractivity contribution in [3.05, 3.63) is 0 Å². The summed E-state index contributed by atoms with van der Waals surface area (Å²) in [7, 11) is 0. The quantitative estimate of drug-likeness (QED) is 0.0298. The largest absolute Gasteiger partial charge is 0.449 e. The van der Waals surface area contributed by atoms with Crippen LogP contribution >= 0.6 is 82.3 Å². The molecule has 0 fully saturated rings. The molecule has 0 aromatic carbocycles. The van der Waals surface area contributed by atoms with Crippen LogP contribution < -0.4 is 5.32 Å². The van der Waals surface area contributed by atoms with Gasteiger partial charge in [0.1, 0.15) is 19.8 Å². The van der Waals surface area contributed by atoms with Crippen LogP contribution in [0.3, 0.4) is 0 Å². The Labute approximate surface area is 250 Å². The lowest BCUT2D eigenvalue weighted by Crippen LogP contribution is -2.27. The van der Waals surface area contributed by atoms with Gasteiger partial charge in [0.15, 0.2) is 0 Å². The zero-order chi connectivity index (χ0) is 26.9. The van der Waals surface area contributed by atoms with Crippen LogP contribution in [-0.4, -0.2) is 125 Å². The SMILES string of the molecule is CSCC/N=C/OOCCSCSCSCCOC(=O)NCCSCSCSCC/N=C/OOCCO. The smallest absolute Gasteiger partial charge is 0.407 e. The van der Waals surface area contributed by atoms with E-state index in [4.69, 9.17) is 19.6 Å². The van der Waals surface area contributed by atoms with E-state index in [2.05, 4.69) is 25.1 Å².